The van der Waals surface area contributed by atoms with Crippen LogP contribution >= 0.6 is 15.9 Å². The molecule has 1 aliphatic heterocycles. The highest BCUT2D eigenvalue weighted by Crippen LogP contribution is 2.37. The average Bonchev–Trinajstić information content (AvgIpc) is 2.38. The highest BCUT2D eigenvalue weighted by molar-refractivity contribution is 9.10. The molecule has 0 N–H and O–H groups in total. The van der Waals surface area contributed by atoms with E-state index in [0.29, 0.717) is 0 Å². The second-order valence-corrected chi connectivity index (χ2v) is 6.22. The lowest BCUT2D eigenvalue weighted by Crippen LogP contribution is -2.46. The van der Waals surface area contributed by atoms with Crippen molar-refractivity contribution in [2.24, 2.45) is 5.92 Å². The van der Waals surface area contributed by atoms with Crippen LogP contribution in [0.3, 0.4) is 0 Å². The third-order valence-electron chi connectivity index (χ3n) is 4.27. The molecule has 2 heterocycles. The van der Waals surface area contributed by atoms with E-state index >= 15 is 0 Å². The first-order chi connectivity index (χ1) is 8.34. The lowest BCUT2D eigenvalue weighted by atomic mass is 9.78. The minimum absolute atomic E-state index is 0.772. The molecular weight excluding hydrogens is 276 g/mol. The molecule has 2 nitrogen and oxygen atoms in total. The van der Waals surface area contributed by atoms with Crippen molar-refractivity contribution in [1.82, 2.24) is 4.98 Å². The maximum absolute atomic E-state index is 4.31. The summed E-state index contributed by atoms with van der Waals surface area (Å²) in [5.74, 6) is 0.927. The number of rotatable bonds is 1. The van der Waals surface area contributed by atoms with E-state index in [1.54, 1.807) is 0 Å². The van der Waals surface area contributed by atoms with Crippen LogP contribution in [0.2, 0.25) is 0 Å². The highest BCUT2D eigenvalue weighted by atomic mass is 79.9. The van der Waals surface area contributed by atoms with Gasteiger partial charge in [-0.1, -0.05) is 12.8 Å². The van der Waals surface area contributed by atoms with Gasteiger partial charge in [-0.15, -0.1) is 0 Å². The van der Waals surface area contributed by atoms with Gasteiger partial charge < -0.3 is 4.90 Å². The van der Waals surface area contributed by atoms with Gasteiger partial charge in [0.05, 0.1) is 11.9 Å². The fraction of sp³-hybridized carbons (Fsp3) is 0.643. The van der Waals surface area contributed by atoms with Crippen LogP contribution in [0.4, 0.5) is 5.69 Å². The zero-order valence-electron chi connectivity index (χ0n) is 10.1. The number of aromatic nitrogens is 1. The summed E-state index contributed by atoms with van der Waals surface area (Å²) < 4.78 is 1.09. The van der Waals surface area contributed by atoms with Crippen molar-refractivity contribution in [2.75, 3.05) is 11.4 Å². The fourth-order valence-electron chi connectivity index (χ4n) is 3.50. The molecule has 1 saturated heterocycles. The summed E-state index contributed by atoms with van der Waals surface area (Å²) in [7, 11) is 0. The Morgan fingerprint density at radius 2 is 1.94 bits per heavy atom. The molecule has 1 aromatic heterocycles. The first-order valence-corrected chi connectivity index (χ1v) is 7.51. The first-order valence-electron chi connectivity index (χ1n) is 6.72. The largest absolute Gasteiger partial charge is 0.367 e. The minimum atomic E-state index is 0.772. The van der Waals surface area contributed by atoms with Crippen molar-refractivity contribution in [3.8, 4) is 0 Å². The van der Waals surface area contributed by atoms with Crippen LogP contribution in [-0.2, 0) is 0 Å². The zero-order chi connectivity index (χ0) is 11.7. The molecule has 1 aliphatic carbocycles. The topological polar surface area (TPSA) is 16.1 Å². The molecule has 0 aromatic carbocycles. The Morgan fingerprint density at radius 1 is 1.12 bits per heavy atom. The lowest BCUT2D eigenvalue weighted by molar-refractivity contribution is 0.243. The Kier molecular flexibility index (Phi) is 3.37. The monoisotopic (exact) mass is 294 g/mol. The summed E-state index contributed by atoms with van der Waals surface area (Å²) in [5, 5.41) is 0. The van der Waals surface area contributed by atoms with Gasteiger partial charge in [-0.05, 0) is 53.6 Å². The van der Waals surface area contributed by atoms with Crippen LogP contribution < -0.4 is 4.90 Å². The summed E-state index contributed by atoms with van der Waals surface area (Å²) in [6, 6.07) is 2.98. The van der Waals surface area contributed by atoms with E-state index in [1.165, 1.54) is 50.8 Å². The maximum Gasteiger partial charge on any atom is 0.0566 e. The van der Waals surface area contributed by atoms with Gasteiger partial charge in [0.1, 0.15) is 0 Å². The molecule has 0 unspecified atom stereocenters. The smallest absolute Gasteiger partial charge is 0.0566 e. The normalized spacial score (nSPS) is 28.9. The van der Waals surface area contributed by atoms with Crippen LogP contribution in [-0.4, -0.2) is 17.6 Å². The Hall–Kier alpha value is -0.570. The van der Waals surface area contributed by atoms with E-state index in [9.17, 15) is 0 Å². The molecule has 3 rings (SSSR count). The van der Waals surface area contributed by atoms with E-state index in [4.69, 9.17) is 0 Å². The van der Waals surface area contributed by atoms with Crippen molar-refractivity contribution in [1.29, 1.82) is 0 Å². The van der Waals surface area contributed by atoms with Crippen molar-refractivity contribution in [2.45, 2.75) is 44.6 Å². The molecule has 0 spiro atoms. The van der Waals surface area contributed by atoms with Crippen LogP contribution in [0.25, 0.3) is 0 Å². The number of nitrogens with zero attached hydrogens (tertiary/aromatic N) is 2. The summed E-state index contributed by atoms with van der Waals surface area (Å²) in [6.07, 6.45) is 12.3. The summed E-state index contributed by atoms with van der Waals surface area (Å²) >= 11 is 3.53. The lowest BCUT2D eigenvalue weighted by Gasteiger charge is -2.45. The number of anilines is 1. The predicted octanol–water partition coefficient (Wildman–Crippen LogP) is 4.00. The Bertz CT molecular complexity index is 392. The van der Waals surface area contributed by atoms with Gasteiger partial charge in [0.25, 0.3) is 0 Å². The van der Waals surface area contributed by atoms with Crippen LogP contribution in [0.15, 0.2) is 22.9 Å². The van der Waals surface area contributed by atoms with E-state index < -0.39 is 0 Å². The molecule has 0 amide bonds. The van der Waals surface area contributed by atoms with Gasteiger partial charge >= 0.3 is 0 Å². The maximum atomic E-state index is 4.31. The van der Waals surface area contributed by atoms with Gasteiger partial charge in [-0.2, -0.15) is 0 Å². The first kappa shape index (κ1) is 11.5. The summed E-state index contributed by atoms with van der Waals surface area (Å²) in [5.41, 5.74) is 1.30. The molecule has 2 aliphatic rings. The molecule has 3 heteroatoms. The fourth-order valence-corrected chi connectivity index (χ4v) is 3.86. The molecular formula is C14H19BrN2. The molecule has 1 aromatic rings. The van der Waals surface area contributed by atoms with Gasteiger partial charge in [0.2, 0.25) is 0 Å². The Labute approximate surface area is 112 Å². The van der Waals surface area contributed by atoms with Gasteiger partial charge in [-0.3, -0.25) is 4.98 Å². The van der Waals surface area contributed by atoms with Crippen molar-refractivity contribution >= 4 is 21.6 Å². The number of pyridine rings is 1. The van der Waals surface area contributed by atoms with E-state index in [0.717, 1.165) is 16.4 Å². The number of fused-ring (bicyclic) bond motifs is 1. The van der Waals surface area contributed by atoms with Gasteiger partial charge in [0.15, 0.2) is 0 Å². The minimum Gasteiger partial charge on any atom is -0.367 e. The molecule has 17 heavy (non-hydrogen) atoms. The van der Waals surface area contributed by atoms with Crippen LogP contribution in [0.1, 0.15) is 38.5 Å². The van der Waals surface area contributed by atoms with Gasteiger partial charge in [0, 0.05) is 23.3 Å². The molecule has 2 fully saturated rings. The second kappa shape index (κ2) is 4.97. The standard InChI is InChI=1S/C14H19BrN2/c15-12-8-13(10-16-9-12)17-7-3-5-11-4-1-2-6-14(11)17/h8-11,14H,1-7H2/t11-,14-/m1/s1. The summed E-state index contributed by atoms with van der Waals surface area (Å²) in [4.78, 5) is 6.91. The van der Waals surface area contributed by atoms with E-state index in [2.05, 4.69) is 31.9 Å². The van der Waals surface area contributed by atoms with Crippen LogP contribution in [0.5, 0.6) is 0 Å². The quantitative estimate of drug-likeness (QED) is 0.778. The summed E-state index contributed by atoms with van der Waals surface area (Å²) in [6.45, 7) is 1.21. The van der Waals surface area contributed by atoms with E-state index in [-0.39, 0.29) is 0 Å². The van der Waals surface area contributed by atoms with Crippen molar-refractivity contribution < 1.29 is 0 Å². The molecule has 1 saturated carbocycles. The third kappa shape index (κ3) is 2.35. The SMILES string of the molecule is Brc1cncc(N2CCC[C@H]3CCCC[C@H]32)c1. The number of halogens is 1. The molecule has 0 bridgehead atoms. The second-order valence-electron chi connectivity index (χ2n) is 5.31. The third-order valence-corrected chi connectivity index (χ3v) is 4.70. The Morgan fingerprint density at radius 3 is 2.82 bits per heavy atom. The number of hydrogen-bond donors (Lipinski definition) is 0. The van der Waals surface area contributed by atoms with Crippen LogP contribution in [0, 0.1) is 5.92 Å². The van der Waals surface area contributed by atoms with E-state index in [1.807, 2.05) is 12.4 Å². The Balaban J connectivity index is 1.85. The number of piperidine rings is 1. The highest BCUT2D eigenvalue weighted by Gasteiger charge is 2.33. The van der Waals surface area contributed by atoms with Crippen molar-refractivity contribution in [3.63, 3.8) is 0 Å². The van der Waals surface area contributed by atoms with Gasteiger partial charge in [-0.25, -0.2) is 0 Å². The molecule has 92 valence electrons. The molecule has 2 atom stereocenters. The zero-order valence-corrected chi connectivity index (χ0v) is 11.7. The molecule has 0 radical (unpaired) electrons. The predicted molar refractivity (Wildman–Crippen MR) is 74.3 cm³/mol. The average molecular weight is 295 g/mol. The van der Waals surface area contributed by atoms with Crippen molar-refractivity contribution in [3.05, 3.63) is 22.9 Å². The number of hydrogen-bond acceptors (Lipinski definition) is 2.